The monoisotopic (exact) mass is 350 g/mol. The highest BCUT2D eigenvalue weighted by molar-refractivity contribution is 5.79. The van der Waals surface area contributed by atoms with Gasteiger partial charge in [-0.3, -0.25) is 4.90 Å². The number of nitrogens with zero attached hydrogens (tertiary/aromatic N) is 3. The van der Waals surface area contributed by atoms with Gasteiger partial charge in [-0.15, -0.1) is 0 Å². The predicted octanol–water partition coefficient (Wildman–Crippen LogP) is 3.14. The number of likely N-dealkylation sites (tertiary alicyclic amines) is 1. The van der Waals surface area contributed by atoms with Gasteiger partial charge in [-0.25, -0.2) is 4.98 Å². The van der Waals surface area contributed by atoms with E-state index >= 15 is 0 Å². The molecule has 1 aliphatic heterocycles. The number of benzene rings is 2. The molecule has 0 bridgehead atoms. The summed E-state index contributed by atoms with van der Waals surface area (Å²) in [6.07, 6.45) is 3.53. The molecule has 2 heterocycles. The van der Waals surface area contributed by atoms with Crippen molar-refractivity contribution < 1.29 is 5.11 Å². The van der Waals surface area contributed by atoms with Crippen molar-refractivity contribution in [1.29, 1.82) is 0 Å². The van der Waals surface area contributed by atoms with Crippen LogP contribution in [0.15, 0.2) is 48.8 Å². The van der Waals surface area contributed by atoms with E-state index in [2.05, 4.69) is 57.7 Å². The molecule has 5 heteroatoms. The number of piperidine rings is 1. The molecule has 26 heavy (non-hydrogen) atoms. The van der Waals surface area contributed by atoms with Crippen LogP contribution < -0.4 is 5.32 Å². The van der Waals surface area contributed by atoms with Crippen LogP contribution >= 0.6 is 0 Å². The van der Waals surface area contributed by atoms with Crippen molar-refractivity contribution in [3.05, 3.63) is 59.9 Å². The first-order chi connectivity index (χ1) is 12.7. The maximum absolute atomic E-state index is 9.61. The largest absolute Gasteiger partial charge is 0.393 e. The first-order valence-corrected chi connectivity index (χ1v) is 9.31. The summed E-state index contributed by atoms with van der Waals surface area (Å²) in [5, 5.41) is 13.1. The number of fused-ring (bicyclic) bond motifs is 1. The molecule has 0 unspecified atom stereocenters. The van der Waals surface area contributed by atoms with Gasteiger partial charge in [0.2, 0.25) is 0 Å². The normalized spacial score (nSPS) is 16.2. The maximum Gasteiger partial charge on any atom is 0.0955 e. The van der Waals surface area contributed by atoms with Crippen LogP contribution in [-0.4, -0.2) is 38.8 Å². The maximum atomic E-state index is 9.61. The predicted molar refractivity (Wildman–Crippen MR) is 105 cm³/mol. The van der Waals surface area contributed by atoms with Gasteiger partial charge in [0.1, 0.15) is 0 Å². The molecule has 0 amide bonds. The fraction of sp³-hybridized carbons (Fsp3) is 0.381. The number of aliphatic hydroxyl groups is 1. The molecule has 0 atom stereocenters. The zero-order chi connectivity index (χ0) is 17.9. The van der Waals surface area contributed by atoms with Crippen LogP contribution in [0.3, 0.4) is 0 Å². The van der Waals surface area contributed by atoms with E-state index in [4.69, 9.17) is 0 Å². The third kappa shape index (κ3) is 3.74. The number of aromatic nitrogens is 2. The van der Waals surface area contributed by atoms with E-state index in [0.717, 1.165) is 55.7 Å². The number of nitrogens with one attached hydrogen (secondary N) is 1. The minimum absolute atomic E-state index is 0.110. The van der Waals surface area contributed by atoms with E-state index in [1.165, 1.54) is 11.1 Å². The Labute approximate surface area is 154 Å². The lowest BCUT2D eigenvalue weighted by Gasteiger charge is -2.29. The molecule has 1 aromatic heterocycles. The fourth-order valence-corrected chi connectivity index (χ4v) is 3.62. The molecular weight excluding hydrogens is 324 g/mol. The van der Waals surface area contributed by atoms with Gasteiger partial charge < -0.3 is 15.0 Å². The molecule has 136 valence electrons. The number of rotatable bonds is 5. The summed E-state index contributed by atoms with van der Waals surface area (Å²) in [7, 11) is 2.02. The molecule has 0 saturated carbocycles. The number of anilines is 1. The lowest BCUT2D eigenvalue weighted by Crippen LogP contribution is -2.35. The van der Waals surface area contributed by atoms with Gasteiger partial charge in [-0.2, -0.15) is 0 Å². The minimum Gasteiger partial charge on any atom is -0.393 e. The molecule has 1 fully saturated rings. The summed E-state index contributed by atoms with van der Waals surface area (Å²) in [5.41, 5.74) is 5.87. The molecule has 2 N–H and O–H groups in total. The zero-order valence-electron chi connectivity index (χ0n) is 15.2. The number of aryl methyl sites for hydroxylation is 1. The van der Waals surface area contributed by atoms with Gasteiger partial charge >= 0.3 is 0 Å². The molecule has 3 aromatic rings. The standard InChI is InChI=1S/C21H26N4O/c1-24-15-23-21-17(3-2-4-20(21)24)13-22-18-7-5-16(6-8-18)14-25-11-9-19(26)10-12-25/h2-8,15,19,22,26H,9-14H2,1H3. The molecule has 2 aromatic carbocycles. The Balaban J connectivity index is 1.37. The Morgan fingerprint density at radius 2 is 1.88 bits per heavy atom. The van der Waals surface area contributed by atoms with Crippen molar-refractivity contribution in [3.8, 4) is 0 Å². The molecule has 1 aliphatic rings. The van der Waals surface area contributed by atoms with Crippen LogP contribution in [0.4, 0.5) is 5.69 Å². The van der Waals surface area contributed by atoms with Crippen LogP contribution in [0.5, 0.6) is 0 Å². The van der Waals surface area contributed by atoms with Crippen LogP contribution in [0.2, 0.25) is 0 Å². The van der Waals surface area contributed by atoms with Crippen LogP contribution in [0.25, 0.3) is 11.0 Å². The fourth-order valence-electron chi connectivity index (χ4n) is 3.62. The number of para-hydroxylation sites is 1. The summed E-state index contributed by atoms with van der Waals surface area (Å²) in [5.74, 6) is 0. The summed E-state index contributed by atoms with van der Waals surface area (Å²) >= 11 is 0. The van der Waals surface area contributed by atoms with Crippen molar-refractivity contribution in [1.82, 2.24) is 14.5 Å². The van der Waals surface area contributed by atoms with E-state index in [1.54, 1.807) is 0 Å². The molecule has 0 spiro atoms. The molecule has 4 rings (SSSR count). The van der Waals surface area contributed by atoms with E-state index in [0.29, 0.717) is 0 Å². The van der Waals surface area contributed by atoms with Gasteiger partial charge in [-0.1, -0.05) is 24.3 Å². The first-order valence-electron chi connectivity index (χ1n) is 9.31. The molecule has 0 aliphatic carbocycles. The van der Waals surface area contributed by atoms with Crippen LogP contribution in [-0.2, 0) is 20.1 Å². The Morgan fingerprint density at radius 3 is 2.65 bits per heavy atom. The summed E-state index contributed by atoms with van der Waals surface area (Å²) in [4.78, 5) is 6.93. The molecular formula is C21H26N4O. The van der Waals surface area contributed by atoms with Crippen molar-refractivity contribution >= 4 is 16.7 Å². The van der Waals surface area contributed by atoms with Gasteiger partial charge in [0.15, 0.2) is 0 Å². The Bertz CT molecular complexity index is 863. The Kier molecular flexibility index (Phi) is 4.91. The SMILES string of the molecule is Cn1cnc2c(CNc3ccc(CN4CCC(O)CC4)cc3)cccc21. The zero-order valence-corrected chi connectivity index (χ0v) is 15.2. The first kappa shape index (κ1) is 17.1. The molecule has 0 radical (unpaired) electrons. The summed E-state index contributed by atoms with van der Waals surface area (Å²) in [6.45, 7) is 3.68. The van der Waals surface area contributed by atoms with Gasteiger partial charge in [0.25, 0.3) is 0 Å². The van der Waals surface area contributed by atoms with Gasteiger partial charge in [0.05, 0.1) is 23.5 Å². The van der Waals surface area contributed by atoms with Crippen LogP contribution in [0, 0.1) is 0 Å². The van der Waals surface area contributed by atoms with E-state index < -0.39 is 0 Å². The number of imidazole rings is 1. The second-order valence-corrected chi connectivity index (χ2v) is 7.20. The molecule has 1 saturated heterocycles. The van der Waals surface area contributed by atoms with Crippen molar-refractivity contribution in [3.63, 3.8) is 0 Å². The third-order valence-electron chi connectivity index (χ3n) is 5.24. The van der Waals surface area contributed by atoms with E-state index in [9.17, 15) is 5.11 Å². The van der Waals surface area contributed by atoms with E-state index in [-0.39, 0.29) is 6.10 Å². The second-order valence-electron chi connectivity index (χ2n) is 7.20. The summed E-state index contributed by atoms with van der Waals surface area (Å²) < 4.78 is 2.05. The lowest BCUT2D eigenvalue weighted by atomic mass is 10.1. The second kappa shape index (κ2) is 7.48. The quantitative estimate of drug-likeness (QED) is 0.742. The lowest BCUT2D eigenvalue weighted by molar-refractivity contribution is 0.0792. The average molecular weight is 350 g/mol. The number of hydrogen-bond acceptors (Lipinski definition) is 4. The topological polar surface area (TPSA) is 53.3 Å². The average Bonchev–Trinajstić information content (AvgIpc) is 3.05. The van der Waals surface area contributed by atoms with Crippen molar-refractivity contribution in [2.75, 3.05) is 18.4 Å². The highest BCUT2D eigenvalue weighted by atomic mass is 16.3. The number of hydrogen-bond donors (Lipinski definition) is 2. The highest BCUT2D eigenvalue weighted by Gasteiger charge is 2.16. The van der Waals surface area contributed by atoms with Crippen LogP contribution in [0.1, 0.15) is 24.0 Å². The summed E-state index contributed by atoms with van der Waals surface area (Å²) in [6, 6.07) is 15.0. The highest BCUT2D eigenvalue weighted by Crippen LogP contribution is 2.19. The van der Waals surface area contributed by atoms with Gasteiger partial charge in [-0.05, 0) is 42.2 Å². The van der Waals surface area contributed by atoms with E-state index in [1.807, 2.05) is 17.9 Å². The van der Waals surface area contributed by atoms with Crippen molar-refractivity contribution in [2.24, 2.45) is 7.05 Å². The van der Waals surface area contributed by atoms with Crippen molar-refractivity contribution in [2.45, 2.75) is 32.0 Å². The Hall–Kier alpha value is -2.37. The smallest absolute Gasteiger partial charge is 0.0955 e. The van der Waals surface area contributed by atoms with Gasteiger partial charge in [0, 0.05) is 38.9 Å². The molecule has 5 nitrogen and oxygen atoms in total. The Morgan fingerprint density at radius 1 is 1.12 bits per heavy atom. The minimum atomic E-state index is -0.110. The number of aliphatic hydroxyl groups excluding tert-OH is 1. The third-order valence-corrected chi connectivity index (χ3v) is 5.24.